The molecule has 164 valence electrons. The van der Waals surface area contributed by atoms with Gasteiger partial charge in [-0.15, -0.1) is 0 Å². The van der Waals surface area contributed by atoms with Crippen LogP contribution >= 0.6 is 0 Å². The summed E-state index contributed by atoms with van der Waals surface area (Å²) in [5.74, 6) is 0. The van der Waals surface area contributed by atoms with Gasteiger partial charge in [0.25, 0.3) is 0 Å². The first-order valence-corrected chi connectivity index (χ1v) is 10.3. The lowest BCUT2D eigenvalue weighted by atomic mass is 9.97. The number of nitrogens with zero attached hydrogens (tertiary/aromatic N) is 2. The Morgan fingerprint density at radius 1 is 0.938 bits per heavy atom. The number of anilines is 2. The van der Waals surface area contributed by atoms with Crippen molar-refractivity contribution in [2.75, 3.05) is 36.9 Å². The number of hydrogen-bond acceptors (Lipinski definition) is 4. The number of morpholine rings is 1. The SMILES string of the molecule is Nc1ccc(-c2c(C(F)(F)F)cnc3[nH]c(-c4ccc(N5CCOCC5)cc4)cc23)cc1. The van der Waals surface area contributed by atoms with E-state index in [1.165, 1.54) is 0 Å². The molecule has 2 aromatic heterocycles. The number of aromatic nitrogens is 2. The van der Waals surface area contributed by atoms with Crippen LogP contribution in [0.5, 0.6) is 0 Å². The van der Waals surface area contributed by atoms with E-state index in [4.69, 9.17) is 10.5 Å². The van der Waals surface area contributed by atoms with Crippen LogP contribution < -0.4 is 10.6 Å². The first-order chi connectivity index (χ1) is 15.4. The minimum atomic E-state index is -4.53. The van der Waals surface area contributed by atoms with E-state index in [0.29, 0.717) is 41.2 Å². The molecule has 0 spiro atoms. The van der Waals surface area contributed by atoms with Crippen molar-refractivity contribution in [1.29, 1.82) is 0 Å². The second-order valence-corrected chi connectivity index (χ2v) is 7.76. The molecule has 5 rings (SSSR count). The maximum atomic E-state index is 13.8. The van der Waals surface area contributed by atoms with Gasteiger partial charge in [0.2, 0.25) is 0 Å². The number of hydrogen-bond donors (Lipinski definition) is 2. The molecule has 0 atom stereocenters. The summed E-state index contributed by atoms with van der Waals surface area (Å²) in [7, 11) is 0. The molecule has 0 amide bonds. The quantitative estimate of drug-likeness (QED) is 0.424. The van der Waals surface area contributed by atoms with E-state index in [-0.39, 0.29) is 5.56 Å². The summed E-state index contributed by atoms with van der Waals surface area (Å²) in [5.41, 5.74) is 9.05. The number of fused-ring (bicyclic) bond motifs is 1. The summed E-state index contributed by atoms with van der Waals surface area (Å²) in [6, 6.07) is 16.1. The van der Waals surface area contributed by atoms with Crippen LogP contribution in [0.15, 0.2) is 60.8 Å². The summed E-state index contributed by atoms with van der Waals surface area (Å²) in [6.07, 6.45) is -3.65. The molecule has 2 aromatic carbocycles. The van der Waals surface area contributed by atoms with E-state index in [1.54, 1.807) is 30.3 Å². The van der Waals surface area contributed by atoms with E-state index in [0.717, 1.165) is 30.5 Å². The van der Waals surface area contributed by atoms with Gasteiger partial charge in [-0.25, -0.2) is 4.98 Å². The van der Waals surface area contributed by atoms with Gasteiger partial charge in [0.15, 0.2) is 0 Å². The van der Waals surface area contributed by atoms with Crippen molar-refractivity contribution in [2.24, 2.45) is 0 Å². The molecule has 32 heavy (non-hydrogen) atoms. The summed E-state index contributed by atoms with van der Waals surface area (Å²) >= 11 is 0. The molecule has 0 saturated carbocycles. The maximum Gasteiger partial charge on any atom is 0.418 e. The van der Waals surface area contributed by atoms with Gasteiger partial charge < -0.3 is 20.4 Å². The summed E-state index contributed by atoms with van der Waals surface area (Å²) in [4.78, 5) is 9.49. The number of H-pyrrole nitrogens is 1. The van der Waals surface area contributed by atoms with Crippen LogP contribution in [0.4, 0.5) is 24.5 Å². The highest BCUT2D eigenvalue weighted by molar-refractivity contribution is 5.98. The van der Waals surface area contributed by atoms with Crippen LogP contribution in [0.2, 0.25) is 0 Å². The van der Waals surface area contributed by atoms with Gasteiger partial charge in [0.1, 0.15) is 5.65 Å². The van der Waals surface area contributed by atoms with E-state index in [1.807, 2.05) is 24.3 Å². The fourth-order valence-electron chi connectivity index (χ4n) is 4.08. The van der Waals surface area contributed by atoms with Crippen LogP contribution in [0.1, 0.15) is 5.56 Å². The van der Waals surface area contributed by atoms with Crippen molar-refractivity contribution in [3.05, 3.63) is 66.4 Å². The third-order valence-corrected chi connectivity index (χ3v) is 5.72. The van der Waals surface area contributed by atoms with Crippen molar-refractivity contribution in [2.45, 2.75) is 6.18 Å². The summed E-state index contributed by atoms with van der Waals surface area (Å²) < 4.78 is 46.8. The van der Waals surface area contributed by atoms with Gasteiger partial charge in [0, 0.05) is 47.3 Å². The molecule has 0 unspecified atom stereocenters. The molecule has 3 heterocycles. The minimum absolute atomic E-state index is 0.0925. The molecule has 0 radical (unpaired) electrons. The maximum absolute atomic E-state index is 13.8. The molecule has 0 aliphatic carbocycles. The Morgan fingerprint density at radius 3 is 2.25 bits per heavy atom. The number of aromatic amines is 1. The fourth-order valence-corrected chi connectivity index (χ4v) is 4.08. The molecule has 1 fully saturated rings. The number of benzene rings is 2. The third kappa shape index (κ3) is 3.78. The molecule has 1 aliphatic heterocycles. The smallest absolute Gasteiger partial charge is 0.399 e. The third-order valence-electron chi connectivity index (χ3n) is 5.72. The van der Waals surface area contributed by atoms with Crippen LogP contribution in [-0.2, 0) is 10.9 Å². The first kappa shape index (κ1) is 20.4. The minimum Gasteiger partial charge on any atom is -0.399 e. The van der Waals surface area contributed by atoms with E-state index >= 15 is 0 Å². The van der Waals surface area contributed by atoms with Crippen molar-refractivity contribution in [1.82, 2.24) is 9.97 Å². The Balaban J connectivity index is 1.59. The molecule has 8 heteroatoms. The second-order valence-electron chi connectivity index (χ2n) is 7.76. The van der Waals surface area contributed by atoms with Crippen LogP contribution in [0, 0.1) is 0 Å². The molecule has 1 aliphatic rings. The second kappa shape index (κ2) is 7.87. The predicted octanol–water partition coefficient (Wildman–Crippen LogP) is 5.33. The van der Waals surface area contributed by atoms with Crippen LogP contribution in [0.25, 0.3) is 33.4 Å². The van der Waals surface area contributed by atoms with Crippen molar-refractivity contribution < 1.29 is 17.9 Å². The van der Waals surface area contributed by atoms with E-state index in [9.17, 15) is 13.2 Å². The van der Waals surface area contributed by atoms with E-state index in [2.05, 4.69) is 14.9 Å². The van der Waals surface area contributed by atoms with Gasteiger partial charge in [0.05, 0.1) is 18.8 Å². The predicted molar refractivity (Wildman–Crippen MR) is 119 cm³/mol. The molecular formula is C24H21F3N4O. The Hall–Kier alpha value is -3.52. The Morgan fingerprint density at radius 2 is 1.59 bits per heavy atom. The zero-order valence-electron chi connectivity index (χ0n) is 17.1. The van der Waals surface area contributed by atoms with Crippen LogP contribution in [0.3, 0.4) is 0 Å². The number of nitrogens with one attached hydrogen (secondary N) is 1. The molecular weight excluding hydrogens is 417 g/mol. The van der Waals surface area contributed by atoms with Crippen molar-refractivity contribution in [3.63, 3.8) is 0 Å². The average molecular weight is 438 g/mol. The normalized spacial score (nSPS) is 14.8. The number of alkyl halides is 3. The first-order valence-electron chi connectivity index (χ1n) is 10.3. The fraction of sp³-hybridized carbons (Fsp3) is 0.208. The number of halogens is 3. The molecule has 0 bridgehead atoms. The molecule has 3 N–H and O–H groups in total. The Bertz CT molecular complexity index is 1240. The van der Waals surface area contributed by atoms with Gasteiger partial charge in [-0.1, -0.05) is 24.3 Å². The Labute approximate surface area is 182 Å². The van der Waals surface area contributed by atoms with E-state index < -0.39 is 11.7 Å². The molecule has 5 nitrogen and oxygen atoms in total. The number of pyridine rings is 1. The highest BCUT2D eigenvalue weighted by atomic mass is 19.4. The van der Waals surface area contributed by atoms with Crippen molar-refractivity contribution >= 4 is 22.4 Å². The number of nitrogen functional groups attached to an aromatic ring is 1. The Kier molecular flexibility index (Phi) is 5.01. The zero-order chi connectivity index (χ0) is 22.3. The summed E-state index contributed by atoms with van der Waals surface area (Å²) in [5, 5.41) is 0.414. The lowest BCUT2D eigenvalue weighted by molar-refractivity contribution is -0.137. The topological polar surface area (TPSA) is 67.2 Å². The molecule has 4 aromatic rings. The van der Waals surface area contributed by atoms with Gasteiger partial charge >= 0.3 is 6.18 Å². The number of rotatable bonds is 3. The summed E-state index contributed by atoms with van der Waals surface area (Å²) in [6.45, 7) is 3.07. The highest BCUT2D eigenvalue weighted by Gasteiger charge is 2.35. The standard InChI is InChI=1S/C24H21F3N4O/c25-24(26,27)20-14-29-23-19(22(20)16-1-5-17(28)6-2-16)13-21(30-23)15-3-7-18(8-4-15)31-9-11-32-12-10-31/h1-8,13-14H,9-12,28H2,(H,29,30). The highest BCUT2D eigenvalue weighted by Crippen LogP contribution is 2.41. The van der Waals surface area contributed by atoms with Gasteiger partial charge in [-0.05, 0) is 41.5 Å². The number of nitrogens with two attached hydrogens (primary N) is 1. The van der Waals surface area contributed by atoms with Crippen LogP contribution in [-0.4, -0.2) is 36.3 Å². The van der Waals surface area contributed by atoms with Gasteiger partial charge in [-0.3, -0.25) is 0 Å². The zero-order valence-corrected chi connectivity index (χ0v) is 17.1. The largest absolute Gasteiger partial charge is 0.418 e. The average Bonchev–Trinajstić information content (AvgIpc) is 3.24. The molecule has 1 saturated heterocycles. The van der Waals surface area contributed by atoms with Gasteiger partial charge in [-0.2, -0.15) is 13.2 Å². The lowest BCUT2D eigenvalue weighted by Gasteiger charge is -2.28. The monoisotopic (exact) mass is 438 g/mol. The lowest BCUT2D eigenvalue weighted by Crippen LogP contribution is -2.36. The van der Waals surface area contributed by atoms with Crippen molar-refractivity contribution in [3.8, 4) is 22.4 Å². The number of ether oxygens (including phenoxy) is 1.